The first kappa shape index (κ1) is 27.7. The van der Waals surface area contributed by atoms with Crippen LogP contribution in [0.2, 0.25) is 0 Å². The molecule has 13 heteroatoms. The summed E-state index contributed by atoms with van der Waals surface area (Å²) in [6, 6.07) is 7.49. The van der Waals surface area contributed by atoms with Gasteiger partial charge in [-0.3, -0.25) is 0 Å². The highest BCUT2D eigenvalue weighted by Crippen LogP contribution is 2.31. The van der Waals surface area contributed by atoms with Gasteiger partial charge >= 0.3 is 11.9 Å². The Morgan fingerprint density at radius 1 is 0.946 bits per heavy atom. The van der Waals surface area contributed by atoms with E-state index in [1.807, 2.05) is 0 Å². The van der Waals surface area contributed by atoms with Crippen molar-refractivity contribution in [3.8, 4) is 23.0 Å². The number of carbonyl (C=O) groups is 2. The Labute approximate surface area is 209 Å². The second-order valence-electron chi connectivity index (χ2n) is 8.17. The smallest absolute Gasteiger partial charge is 0.345 e. The average Bonchev–Trinajstić information content (AvgIpc) is 2.86. The Kier molecular flexibility index (Phi) is 8.91. The van der Waals surface area contributed by atoms with Gasteiger partial charge in [0.1, 0.15) is 24.4 Å². The van der Waals surface area contributed by atoms with E-state index in [-0.39, 0.29) is 29.2 Å². The van der Waals surface area contributed by atoms with Crippen LogP contribution in [0.5, 0.6) is 23.0 Å². The minimum Gasteiger partial charge on any atom is -0.504 e. The summed E-state index contributed by atoms with van der Waals surface area (Å²) < 4.78 is 15.6. The molecule has 3 rings (SSSR count). The van der Waals surface area contributed by atoms with Crippen molar-refractivity contribution in [3.05, 3.63) is 53.6 Å². The molecular formula is C24H26O13. The van der Waals surface area contributed by atoms with Crippen molar-refractivity contribution in [1.82, 2.24) is 0 Å². The zero-order valence-corrected chi connectivity index (χ0v) is 19.1. The molecule has 1 heterocycles. The van der Waals surface area contributed by atoms with E-state index in [4.69, 9.17) is 14.2 Å². The molecule has 2 aromatic rings. The SMILES string of the molecule is O=C(C=Cc1ccc(O)c(O[C@@H]2O[C@H](CO)[C@@H](O)[C@H](O)[C@H]2O)c1)O[C@H](Cc1ccc(O)c(O)c1)C(=O)O. The number of benzene rings is 2. The highest BCUT2D eigenvalue weighted by Gasteiger charge is 2.44. The lowest BCUT2D eigenvalue weighted by Crippen LogP contribution is -2.60. The number of aliphatic carboxylic acids is 1. The molecule has 0 aromatic heterocycles. The Bertz CT molecular complexity index is 1150. The van der Waals surface area contributed by atoms with Crippen LogP contribution in [0.3, 0.4) is 0 Å². The van der Waals surface area contributed by atoms with Gasteiger partial charge in [-0.25, -0.2) is 9.59 Å². The number of carboxylic acids is 1. The van der Waals surface area contributed by atoms with Crippen LogP contribution >= 0.6 is 0 Å². The van der Waals surface area contributed by atoms with Crippen molar-refractivity contribution in [2.24, 2.45) is 0 Å². The van der Waals surface area contributed by atoms with E-state index in [0.29, 0.717) is 5.56 Å². The number of phenols is 3. The van der Waals surface area contributed by atoms with Gasteiger partial charge in [-0.1, -0.05) is 12.1 Å². The van der Waals surface area contributed by atoms with Crippen LogP contribution in [0, 0.1) is 0 Å². The molecule has 6 atom stereocenters. The van der Waals surface area contributed by atoms with Crippen molar-refractivity contribution in [2.75, 3.05) is 6.61 Å². The summed E-state index contributed by atoms with van der Waals surface area (Å²) in [7, 11) is 0. The minimum atomic E-state index is -1.71. The van der Waals surface area contributed by atoms with Crippen LogP contribution in [-0.4, -0.2) is 96.2 Å². The number of carboxylic acid groups (broad SMARTS) is 1. The molecule has 37 heavy (non-hydrogen) atoms. The van der Waals surface area contributed by atoms with Crippen LogP contribution in [0.1, 0.15) is 11.1 Å². The van der Waals surface area contributed by atoms with Crippen molar-refractivity contribution in [3.63, 3.8) is 0 Å². The maximum absolute atomic E-state index is 12.2. The number of esters is 1. The molecule has 0 aliphatic carbocycles. The lowest BCUT2D eigenvalue weighted by Gasteiger charge is -2.39. The molecule has 0 saturated carbocycles. The molecule has 2 aromatic carbocycles. The van der Waals surface area contributed by atoms with Gasteiger partial charge in [0.05, 0.1) is 6.61 Å². The zero-order valence-electron chi connectivity index (χ0n) is 19.1. The summed E-state index contributed by atoms with van der Waals surface area (Å²) in [6.45, 7) is -0.674. The van der Waals surface area contributed by atoms with Gasteiger partial charge in [-0.15, -0.1) is 0 Å². The lowest BCUT2D eigenvalue weighted by atomic mass is 9.99. The maximum atomic E-state index is 12.2. The monoisotopic (exact) mass is 522 g/mol. The third-order valence-electron chi connectivity index (χ3n) is 5.48. The summed E-state index contributed by atoms with van der Waals surface area (Å²) in [5, 5.41) is 77.5. The Morgan fingerprint density at radius 2 is 1.65 bits per heavy atom. The van der Waals surface area contributed by atoms with Crippen LogP contribution in [0.25, 0.3) is 6.08 Å². The number of aliphatic hydroxyl groups is 4. The first-order chi connectivity index (χ1) is 17.5. The summed E-state index contributed by atoms with van der Waals surface area (Å²) in [6.07, 6.45) is -7.49. The summed E-state index contributed by atoms with van der Waals surface area (Å²) in [4.78, 5) is 23.7. The van der Waals surface area contributed by atoms with Crippen molar-refractivity contribution in [2.45, 2.75) is 43.2 Å². The van der Waals surface area contributed by atoms with Crippen LogP contribution in [0.15, 0.2) is 42.5 Å². The molecule has 0 bridgehead atoms. The van der Waals surface area contributed by atoms with Crippen LogP contribution in [0.4, 0.5) is 0 Å². The van der Waals surface area contributed by atoms with Gasteiger partial charge in [-0.2, -0.15) is 0 Å². The van der Waals surface area contributed by atoms with E-state index in [0.717, 1.165) is 12.1 Å². The van der Waals surface area contributed by atoms with Crippen molar-refractivity contribution < 1.29 is 64.7 Å². The number of hydrogen-bond acceptors (Lipinski definition) is 12. The maximum Gasteiger partial charge on any atom is 0.345 e. The second kappa shape index (κ2) is 11.9. The Hall–Kier alpha value is -3.88. The molecule has 1 aliphatic rings. The molecule has 1 saturated heterocycles. The summed E-state index contributed by atoms with van der Waals surface area (Å²) in [5.74, 6) is -3.91. The molecule has 1 aliphatic heterocycles. The standard InChI is InChI=1S/C24H26O13/c25-10-18-20(30)21(31)22(32)24(37-18)36-16-8-11(1-5-14(16)27)3-6-19(29)35-17(23(33)34)9-12-2-4-13(26)15(28)7-12/h1-8,17-18,20-22,24-28,30-32H,9-10H2,(H,33,34)/t17-,18-,20-,21+,22-,24-/m1/s1. The topological polar surface area (TPSA) is 224 Å². The number of phenolic OH excluding ortho intramolecular Hbond substituents is 3. The second-order valence-corrected chi connectivity index (χ2v) is 8.17. The highest BCUT2D eigenvalue weighted by atomic mass is 16.7. The molecule has 0 radical (unpaired) electrons. The molecule has 8 N–H and O–H groups in total. The number of carbonyl (C=O) groups excluding carboxylic acids is 1. The zero-order chi connectivity index (χ0) is 27.3. The molecule has 0 unspecified atom stereocenters. The number of rotatable bonds is 9. The fourth-order valence-electron chi connectivity index (χ4n) is 3.45. The van der Waals surface area contributed by atoms with Gasteiger partial charge in [0, 0.05) is 12.5 Å². The van der Waals surface area contributed by atoms with E-state index in [9.17, 15) is 50.4 Å². The normalized spacial score (nSPS) is 24.5. The van der Waals surface area contributed by atoms with Gasteiger partial charge in [0.2, 0.25) is 12.4 Å². The van der Waals surface area contributed by atoms with Gasteiger partial charge in [0.25, 0.3) is 0 Å². The minimum absolute atomic E-state index is 0.226. The predicted octanol–water partition coefficient (Wildman–Crippen LogP) is -0.766. The van der Waals surface area contributed by atoms with Crippen molar-refractivity contribution in [1.29, 1.82) is 0 Å². The Balaban J connectivity index is 1.68. The fourth-order valence-corrected chi connectivity index (χ4v) is 3.45. The molecule has 0 amide bonds. The molecule has 13 nitrogen and oxygen atoms in total. The third kappa shape index (κ3) is 6.87. The number of aromatic hydroxyl groups is 3. The van der Waals surface area contributed by atoms with Crippen LogP contribution in [-0.2, 0) is 25.5 Å². The fraction of sp³-hybridized carbons (Fsp3) is 0.333. The first-order valence-corrected chi connectivity index (χ1v) is 10.9. The molecular weight excluding hydrogens is 496 g/mol. The summed E-state index contributed by atoms with van der Waals surface area (Å²) in [5.41, 5.74) is 0.581. The van der Waals surface area contributed by atoms with Gasteiger partial charge < -0.3 is 55.1 Å². The number of aliphatic hydroxyl groups excluding tert-OH is 4. The molecule has 200 valence electrons. The molecule has 1 fully saturated rings. The van der Waals surface area contributed by atoms with Crippen LogP contribution < -0.4 is 4.74 Å². The van der Waals surface area contributed by atoms with E-state index < -0.39 is 61.1 Å². The summed E-state index contributed by atoms with van der Waals surface area (Å²) >= 11 is 0. The lowest BCUT2D eigenvalue weighted by molar-refractivity contribution is -0.277. The molecule has 0 spiro atoms. The van der Waals surface area contributed by atoms with E-state index in [1.165, 1.54) is 36.4 Å². The quantitative estimate of drug-likeness (QED) is 0.115. The predicted molar refractivity (Wildman–Crippen MR) is 123 cm³/mol. The van der Waals surface area contributed by atoms with E-state index in [2.05, 4.69) is 0 Å². The number of hydrogen-bond donors (Lipinski definition) is 8. The Morgan fingerprint density at radius 3 is 2.30 bits per heavy atom. The average molecular weight is 522 g/mol. The van der Waals surface area contributed by atoms with Gasteiger partial charge in [-0.05, 0) is 41.5 Å². The van der Waals surface area contributed by atoms with E-state index >= 15 is 0 Å². The number of ether oxygens (including phenoxy) is 3. The van der Waals surface area contributed by atoms with Gasteiger partial charge in [0.15, 0.2) is 23.0 Å². The highest BCUT2D eigenvalue weighted by molar-refractivity contribution is 5.89. The van der Waals surface area contributed by atoms with Crippen molar-refractivity contribution >= 4 is 18.0 Å². The third-order valence-corrected chi connectivity index (χ3v) is 5.48. The largest absolute Gasteiger partial charge is 0.504 e. The van der Waals surface area contributed by atoms with E-state index in [1.54, 1.807) is 0 Å². The first-order valence-electron chi connectivity index (χ1n) is 10.9.